The van der Waals surface area contributed by atoms with E-state index in [9.17, 15) is 9.18 Å². The quantitative estimate of drug-likeness (QED) is 0.768. The summed E-state index contributed by atoms with van der Waals surface area (Å²) in [6.07, 6.45) is 0. The van der Waals surface area contributed by atoms with Gasteiger partial charge >= 0.3 is 0 Å². The number of hydrogen-bond acceptors (Lipinski definition) is 4. The fraction of sp³-hybridized carbons (Fsp3) is 0.500. The van der Waals surface area contributed by atoms with Crippen molar-refractivity contribution in [3.05, 3.63) is 29.6 Å². The Hall–Kier alpha value is -1.46. The van der Waals surface area contributed by atoms with Gasteiger partial charge < -0.3 is 9.64 Å². The molecule has 0 amide bonds. The van der Waals surface area contributed by atoms with E-state index in [1.54, 1.807) is 6.07 Å². The van der Waals surface area contributed by atoms with E-state index in [1.807, 2.05) is 0 Å². The van der Waals surface area contributed by atoms with Crippen LogP contribution < -0.4 is 4.74 Å². The van der Waals surface area contributed by atoms with Crippen molar-refractivity contribution in [1.82, 2.24) is 9.80 Å². The van der Waals surface area contributed by atoms with Gasteiger partial charge in [-0.25, -0.2) is 4.39 Å². The van der Waals surface area contributed by atoms with Gasteiger partial charge in [0.2, 0.25) is 0 Å². The third-order valence-corrected chi connectivity index (χ3v) is 3.44. The van der Waals surface area contributed by atoms with E-state index < -0.39 is 5.82 Å². The molecule has 0 aromatic heterocycles. The maximum absolute atomic E-state index is 13.8. The predicted molar refractivity (Wildman–Crippen MR) is 71.2 cm³/mol. The van der Waals surface area contributed by atoms with Gasteiger partial charge in [0, 0.05) is 32.2 Å². The summed E-state index contributed by atoms with van der Waals surface area (Å²) in [5, 5.41) is 0. The minimum absolute atomic E-state index is 0.139. The molecular formula is C14H19FN2O2. The molecule has 1 heterocycles. The number of benzene rings is 1. The van der Waals surface area contributed by atoms with Crippen molar-refractivity contribution in [2.75, 3.05) is 46.9 Å². The number of rotatable bonds is 4. The van der Waals surface area contributed by atoms with Crippen LogP contribution in [0.4, 0.5) is 4.39 Å². The molecule has 0 N–H and O–H groups in total. The van der Waals surface area contributed by atoms with Crippen molar-refractivity contribution in [1.29, 1.82) is 0 Å². The minimum Gasteiger partial charge on any atom is -0.497 e. The molecule has 0 aliphatic carbocycles. The van der Waals surface area contributed by atoms with Gasteiger partial charge in [0.05, 0.1) is 19.2 Å². The van der Waals surface area contributed by atoms with Crippen LogP contribution in [0.25, 0.3) is 0 Å². The second-order valence-electron chi connectivity index (χ2n) is 4.85. The summed E-state index contributed by atoms with van der Waals surface area (Å²) in [5.74, 6) is -0.267. The van der Waals surface area contributed by atoms with Crippen LogP contribution in [0.3, 0.4) is 0 Å². The van der Waals surface area contributed by atoms with Crippen LogP contribution in [0.1, 0.15) is 10.4 Å². The second-order valence-corrected chi connectivity index (χ2v) is 4.85. The molecule has 0 unspecified atom stereocenters. The molecule has 0 radical (unpaired) electrons. The van der Waals surface area contributed by atoms with Crippen molar-refractivity contribution in [3.8, 4) is 5.75 Å². The van der Waals surface area contributed by atoms with Gasteiger partial charge in [-0.05, 0) is 19.2 Å². The number of methoxy groups -OCH3 is 1. The van der Waals surface area contributed by atoms with E-state index in [0.29, 0.717) is 5.75 Å². The maximum Gasteiger partial charge on any atom is 0.179 e. The predicted octanol–water partition coefficient (Wildman–Crippen LogP) is 1.26. The number of halogens is 1. The Kier molecular flexibility index (Phi) is 4.50. The first-order valence-corrected chi connectivity index (χ1v) is 6.38. The maximum atomic E-state index is 13.8. The lowest BCUT2D eigenvalue weighted by Crippen LogP contribution is -2.46. The smallest absolute Gasteiger partial charge is 0.179 e. The molecule has 1 aromatic rings. The molecule has 2 rings (SSSR count). The van der Waals surface area contributed by atoms with Crippen LogP contribution in [0.2, 0.25) is 0 Å². The number of hydrogen-bond donors (Lipinski definition) is 0. The highest BCUT2D eigenvalue weighted by atomic mass is 19.1. The average molecular weight is 266 g/mol. The van der Waals surface area contributed by atoms with Crippen molar-refractivity contribution in [2.45, 2.75) is 0 Å². The van der Waals surface area contributed by atoms with E-state index in [-0.39, 0.29) is 17.9 Å². The largest absolute Gasteiger partial charge is 0.497 e. The first-order chi connectivity index (χ1) is 9.10. The molecule has 5 heteroatoms. The summed E-state index contributed by atoms with van der Waals surface area (Å²) >= 11 is 0. The number of nitrogens with zero attached hydrogens (tertiary/aromatic N) is 2. The van der Waals surface area contributed by atoms with Gasteiger partial charge in [0.15, 0.2) is 5.78 Å². The Morgan fingerprint density at radius 1 is 1.32 bits per heavy atom. The number of piperazine rings is 1. The molecule has 1 aliphatic rings. The molecule has 0 saturated carbocycles. The van der Waals surface area contributed by atoms with E-state index in [0.717, 1.165) is 26.2 Å². The summed E-state index contributed by atoms with van der Waals surface area (Å²) in [6, 6.07) is 4.35. The van der Waals surface area contributed by atoms with E-state index in [4.69, 9.17) is 4.74 Å². The lowest BCUT2D eigenvalue weighted by Gasteiger charge is -2.31. The van der Waals surface area contributed by atoms with Crippen LogP contribution in [0.15, 0.2) is 18.2 Å². The molecule has 1 fully saturated rings. The summed E-state index contributed by atoms with van der Waals surface area (Å²) in [4.78, 5) is 16.4. The Balaban J connectivity index is 2.00. The molecule has 0 bridgehead atoms. The number of likely N-dealkylation sites (N-methyl/N-ethyl adjacent to an activating group) is 1. The lowest BCUT2D eigenvalue weighted by molar-refractivity contribution is 0.0872. The SMILES string of the molecule is COc1ccc(C(=O)CN2CCN(C)CC2)c(F)c1. The van der Waals surface area contributed by atoms with E-state index in [1.165, 1.54) is 19.2 Å². The third kappa shape index (κ3) is 3.52. The van der Waals surface area contributed by atoms with E-state index in [2.05, 4.69) is 16.8 Å². The van der Waals surface area contributed by atoms with Crippen LogP contribution in [-0.4, -0.2) is 62.5 Å². The highest BCUT2D eigenvalue weighted by Crippen LogP contribution is 2.17. The number of carbonyl (C=O) groups excluding carboxylic acids is 1. The topological polar surface area (TPSA) is 32.8 Å². The summed E-state index contributed by atoms with van der Waals surface area (Å²) < 4.78 is 18.7. The van der Waals surface area contributed by atoms with Gasteiger partial charge in [-0.3, -0.25) is 9.69 Å². The molecule has 0 atom stereocenters. The Labute approximate surface area is 112 Å². The molecule has 1 aromatic carbocycles. The van der Waals surface area contributed by atoms with Gasteiger partial charge in [0.25, 0.3) is 0 Å². The van der Waals surface area contributed by atoms with Crippen molar-refractivity contribution >= 4 is 5.78 Å². The van der Waals surface area contributed by atoms with Crippen LogP contribution >= 0.6 is 0 Å². The Morgan fingerprint density at radius 3 is 2.58 bits per heavy atom. The zero-order valence-electron chi connectivity index (χ0n) is 11.4. The third-order valence-electron chi connectivity index (χ3n) is 3.44. The lowest BCUT2D eigenvalue weighted by atomic mass is 10.1. The number of ether oxygens (including phenoxy) is 1. The molecule has 104 valence electrons. The van der Waals surface area contributed by atoms with Crippen molar-refractivity contribution in [3.63, 3.8) is 0 Å². The van der Waals surface area contributed by atoms with Crippen LogP contribution in [0, 0.1) is 5.82 Å². The van der Waals surface area contributed by atoms with Gasteiger partial charge in [-0.2, -0.15) is 0 Å². The van der Waals surface area contributed by atoms with Crippen molar-refractivity contribution in [2.24, 2.45) is 0 Å². The van der Waals surface area contributed by atoms with Crippen molar-refractivity contribution < 1.29 is 13.9 Å². The van der Waals surface area contributed by atoms with Crippen LogP contribution in [0.5, 0.6) is 5.75 Å². The summed E-state index contributed by atoms with van der Waals surface area (Å²) in [5.41, 5.74) is 0.139. The van der Waals surface area contributed by atoms with Gasteiger partial charge in [0.1, 0.15) is 11.6 Å². The number of Topliss-reactive ketones (excluding diaryl/α,β-unsaturated/α-hetero) is 1. The zero-order valence-corrected chi connectivity index (χ0v) is 11.4. The monoisotopic (exact) mass is 266 g/mol. The summed E-state index contributed by atoms with van der Waals surface area (Å²) in [6.45, 7) is 3.86. The average Bonchev–Trinajstić information content (AvgIpc) is 2.41. The first kappa shape index (κ1) is 14.0. The first-order valence-electron chi connectivity index (χ1n) is 6.38. The molecule has 1 saturated heterocycles. The molecule has 0 spiro atoms. The summed E-state index contributed by atoms with van der Waals surface area (Å²) in [7, 11) is 3.53. The zero-order chi connectivity index (χ0) is 13.8. The fourth-order valence-corrected chi connectivity index (χ4v) is 2.14. The fourth-order valence-electron chi connectivity index (χ4n) is 2.14. The molecular weight excluding hydrogens is 247 g/mol. The van der Waals surface area contributed by atoms with Gasteiger partial charge in [-0.1, -0.05) is 0 Å². The Bertz CT molecular complexity index is 457. The highest BCUT2D eigenvalue weighted by Gasteiger charge is 2.19. The number of carbonyl (C=O) groups is 1. The highest BCUT2D eigenvalue weighted by molar-refractivity contribution is 5.98. The van der Waals surface area contributed by atoms with Crippen LogP contribution in [-0.2, 0) is 0 Å². The minimum atomic E-state index is -0.515. The Morgan fingerprint density at radius 2 is 2.00 bits per heavy atom. The molecule has 19 heavy (non-hydrogen) atoms. The molecule has 1 aliphatic heterocycles. The van der Waals surface area contributed by atoms with Gasteiger partial charge in [-0.15, -0.1) is 0 Å². The second kappa shape index (κ2) is 6.12. The number of ketones is 1. The standard InChI is InChI=1S/C14H19FN2O2/c1-16-5-7-17(8-6-16)10-14(18)12-4-3-11(19-2)9-13(12)15/h3-4,9H,5-8,10H2,1-2H3. The molecule has 4 nitrogen and oxygen atoms in total. The normalized spacial score (nSPS) is 17.4. The van der Waals surface area contributed by atoms with E-state index >= 15 is 0 Å².